The molecule has 0 radical (unpaired) electrons. The summed E-state index contributed by atoms with van der Waals surface area (Å²) in [6.07, 6.45) is -1.57. The lowest BCUT2D eigenvalue weighted by Crippen LogP contribution is -2.40. The van der Waals surface area contributed by atoms with Gasteiger partial charge in [-0.25, -0.2) is 4.79 Å². The van der Waals surface area contributed by atoms with Crippen molar-refractivity contribution in [2.24, 2.45) is 7.05 Å². The van der Waals surface area contributed by atoms with Gasteiger partial charge in [-0.1, -0.05) is 6.07 Å². The molecule has 0 bridgehead atoms. The van der Waals surface area contributed by atoms with Crippen molar-refractivity contribution in [3.63, 3.8) is 0 Å². The highest BCUT2D eigenvalue weighted by Crippen LogP contribution is 2.33. The lowest BCUT2D eigenvalue weighted by atomic mass is 9.85. The monoisotopic (exact) mass is 454 g/mol. The van der Waals surface area contributed by atoms with Crippen LogP contribution in [0.25, 0.3) is 0 Å². The molecule has 0 unspecified atom stereocenters. The van der Waals surface area contributed by atoms with Gasteiger partial charge in [-0.15, -0.1) is 10.2 Å². The van der Waals surface area contributed by atoms with Crippen molar-refractivity contribution in [1.29, 1.82) is 0 Å². The number of alkyl carbamates (subject to hydrolysis) is 1. The van der Waals surface area contributed by atoms with Crippen LogP contribution in [0.3, 0.4) is 0 Å². The molecule has 10 heteroatoms. The first-order valence-corrected chi connectivity index (χ1v) is 10.6. The second kappa shape index (κ2) is 9.38. The molecule has 1 N–H and O–H groups in total. The van der Waals surface area contributed by atoms with Crippen molar-refractivity contribution >= 4 is 6.09 Å². The predicted octanol–water partition coefficient (Wildman–Crippen LogP) is 4.96. The SMILES string of the molecule is Cn1c(COc2cccc(C(F)(F)F)c2)nnc1[C@H]1CC[C@H](NC(=O)OC(C)(C)C)CC1. The lowest BCUT2D eigenvalue weighted by molar-refractivity contribution is -0.137. The van der Waals surface area contributed by atoms with Gasteiger partial charge in [0.2, 0.25) is 0 Å². The summed E-state index contributed by atoms with van der Waals surface area (Å²) in [5.41, 5.74) is -1.29. The summed E-state index contributed by atoms with van der Waals surface area (Å²) in [4.78, 5) is 12.0. The van der Waals surface area contributed by atoms with Crippen LogP contribution in [0.4, 0.5) is 18.0 Å². The maximum absolute atomic E-state index is 12.9. The molecule has 0 saturated heterocycles. The number of alkyl halides is 3. The van der Waals surface area contributed by atoms with Crippen LogP contribution in [0, 0.1) is 0 Å². The van der Waals surface area contributed by atoms with Crippen molar-refractivity contribution in [1.82, 2.24) is 20.1 Å². The minimum absolute atomic E-state index is 0.0142. The van der Waals surface area contributed by atoms with E-state index in [1.807, 2.05) is 32.4 Å². The van der Waals surface area contributed by atoms with E-state index < -0.39 is 23.4 Å². The van der Waals surface area contributed by atoms with E-state index in [1.165, 1.54) is 12.1 Å². The number of nitrogens with zero attached hydrogens (tertiary/aromatic N) is 3. The van der Waals surface area contributed by atoms with Crippen molar-refractivity contribution in [3.8, 4) is 5.75 Å². The van der Waals surface area contributed by atoms with Crippen molar-refractivity contribution in [2.75, 3.05) is 0 Å². The molecule has 176 valence electrons. The molecule has 1 saturated carbocycles. The first-order chi connectivity index (χ1) is 14.9. The average molecular weight is 454 g/mol. The topological polar surface area (TPSA) is 78.3 Å². The second-order valence-corrected chi connectivity index (χ2v) is 9.04. The Labute approximate surface area is 185 Å². The Kier molecular flexibility index (Phi) is 7.00. The van der Waals surface area contributed by atoms with Gasteiger partial charge in [0.1, 0.15) is 23.8 Å². The van der Waals surface area contributed by atoms with Crippen molar-refractivity contribution in [3.05, 3.63) is 41.5 Å². The normalized spacial score (nSPS) is 19.5. The fourth-order valence-electron chi connectivity index (χ4n) is 3.74. The highest BCUT2D eigenvalue weighted by molar-refractivity contribution is 5.68. The smallest absolute Gasteiger partial charge is 0.416 e. The summed E-state index contributed by atoms with van der Waals surface area (Å²) < 4.78 is 51.3. The molecule has 1 aromatic heterocycles. The number of rotatable bonds is 5. The number of carbonyl (C=O) groups is 1. The van der Waals surface area contributed by atoms with E-state index in [9.17, 15) is 18.0 Å². The number of amides is 1. The van der Waals surface area contributed by atoms with Crippen LogP contribution < -0.4 is 10.1 Å². The first kappa shape index (κ1) is 23.9. The predicted molar refractivity (Wildman–Crippen MR) is 111 cm³/mol. The molecule has 2 aromatic rings. The Hall–Kier alpha value is -2.78. The molecule has 3 rings (SSSR count). The molecule has 1 fully saturated rings. The third-order valence-electron chi connectivity index (χ3n) is 5.34. The van der Waals surface area contributed by atoms with Gasteiger partial charge >= 0.3 is 12.3 Å². The zero-order valence-electron chi connectivity index (χ0n) is 18.7. The van der Waals surface area contributed by atoms with Gasteiger partial charge < -0.3 is 19.4 Å². The highest BCUT2D eigenvalue weighted by Gasteiger charge is 2.31. The Balaban J connectivity index is 1.54. The summed E-state index contributed by atoms with van der Waals surface area (Å²) >= 11 is 0. The molecular formula is C22H29F3N4O3. The van der Waals surface area contributed by atoms with E-state index >= 15 is 0 Å². The molecule has 0 spiro atoms. The molecule has 32 heavy (non-hydrogen) atoms. The van der Waals surface area contributed by atoms with Gasteiger partial charge in [0.25, 0.3) is 0 Å². The largest absolute Gasteiger partial charge is 0.486 e. The van der Waals surface area contributed by atoms with Crippen LogP contribution in [0.2, 0.25) is 0 Å². The molecule has 1 heterocycles. The number of nitrogens with one attached hydrogen (secondary N) is 1. The quantitative estimate of drug-likeness (QED) is 0.691. The number of benzene rings is 1. The summed E-state index contributed by atoms with van der Waals surface area (Å²) in [5.74, 6) is 1.65. The molecular weight excluding hydrogens is 425 g/mol. The molecule has 0 atom stereocenters. The molecule has 1 aliphatic carbocycles. The van der Waals surface area contributed by atoms with E-state index in [0.29, 0.717) is 5.82 Å². The minimum Gasteiger partial charge on any atom is -0.486 e. The number of hydrogen-bond donors (Lipinski definition) is 1. The Morgan fingerprint density at radius 2 is 1.84 bits per heavy atom. The van der Waals surface area contributed by atoms with Gasteiger partial charge in [0.15, 0.2) is 5.82 Å². The van der Waals surface area contributed by atoms with E-state index in [-0.39, 0.29) is 24.3 Å². The zero-order chi connectivity index (χ0) is 23.5. The maximum atomic E-state index is 12.9. The minimum atomic E-state index is -4.42. The van der Waals surface area contributed by atoms with Crippen LogP contribution in [0.5, 0.6) is 5.75 Å². The van der Waals surface area contributed by atoms with E-state index in [1.54, 1.807) is 0 Å². The Morgan fingerprint density at radius 1 is 1.16 bits per heavy atom. The lowest BCUT2D eigenvalue weighted by Gasteiger charge is -2.29. The van der Waals surface area contributed by atoms with Crippen LogP contribution in [0.1, 0.15) is 69.6 Å². The highest BCUT2D eigenvalue weighted by atomic mass is 19.4. The van der Waals surface area contributed by atoms with E-state index in [4.69, 9.17) is 9.47 Å². The van der Waals surface area contributed by atoms with Gasteiger partial charge in [-0.05, 0) is 64.7 Å². The molecule has 1 aromatic carbocycles. The van der Waals surface area contributed by atoms with Crippen LogP contribution in [0.15, 0.2) is 24.3 Å². The van der Waals surface area contributed by atoms with Crippen LogP contribution in [-0.4, -0.2) is 32.5 Å². The number of halogens is 3. The molecule has 7 nitrogen and oxygen atoms in total. The average Bonchev–Trinajstić information content (AvgIpc) is 3.05. The fraction of sp³-hybridized carbons (Fsp3) is 0.591. The maximum Gasteiger partial charge on any atom is 0.416 e. The number of carbonyl (C=O) groups excluding carboxylic acids is 1. The fourth-order valence-corrected chi connectivity index (χ4v) is 3.74. The van der Waals surface area contributed by atoms with Gasteiger partial charge in [-0.3, -0.25) is 0 Å². The van der Waals surface area contributed by atoms with E-state index in [0.717, 1.165) is 43.6 Å². The Morgan fingerprint density at radius 3 is 2.47 bits per heavy atom. The van der Waals surface area contributed by atoms with Crippen LogP contribution >= 0.6 is 0 Å². The summed E-state index contributed by atoms with van der Waals surface area (Å²) in [7, 11) is 1.82. The summed E-state index contributed by atoms with van der Waals surface area (Å²) in [6.45, 7) is 5.49. The molecule has 1 amide bonds. The van der Waals surface area contributed by atoms with E-state index in [2.05, 4.69) is 15.5 Å². The number of aromatic nitrogens is 3. The summed E-state index contributed by atoms with van der Waals surface area (Å²) in [6, 6.07) is 4.81. The third kappa shape index (κ3) is 6.37. The molecule has 0 aliphatic heterocycles. The number of ether oxygens (including phenoxy) is 2. The second-order valence-electron chi connectivity index (χ2n) is 9.04. The Bertz CT molecular complexity index is 929. The molecule has 1 aliphatic rings. The van der Waals surface area contributed by atoms with Crippen molar-refractivity contribution < 1.29 is 27.4 Å². The van der Waals surface area contributed by atoms with Gasteiger partial charge in [0, 0.05) is 19.0 Å². The van der Waals surface area contributed by atoms with Crippen molar-refractivity contribution in [2.45, 2.75) is 76.8 Å². The number of hydrogen-bond acceptors (Lipinski definition) is 5. The standard InChI is InChI=1S/C22H29F3N4O3/c1-21(2,3)32-20(30)26-16-10-8-14(9-11-16)19-28-27-18(29(19)4)13-31-17-7-5-6-15(12-17)22(23,24)25/h5-7,12,14,16H,8-11,13H2,1-4H3,(H,26,30)/t14-,16-. The van der Waals surface area contributed by atoms with Crippen LogP contribution in [-0.2, 0) is 24.6 Å². The third-order valence-corrected chi connectivity index (χ3v) is 5.34. The first-order valence-electron chi connectivity index (χ1n) is 10.6. The van der Waals surface area contributed by atoms with Gasteiger partial charge in [-0.2, -0.15) is 13.2 Å². The zero-order valence-corrected chi connectivity index (χ0v) is 18.7. The van der Waals surface area contributed by atoms with Gasteiger partial charge in [0.05, 0.1) is 5.56 Å². The summed E-state index contributed by atoms with van der Waals surface area (Å²) in [5, 5.41) is 11.4.